The summed E-state index contributed by atoms with van der Waals surface area (Å²) in [5.41, 5.74) is 1.67. The van der Waals surface area contributed by atoms with E-state index in [2.05, 4.69) is 10.1 Å². The minimum Gasteiger partial charge on any atom is -0.493 e. The number of aromatic nitrogens is 2. The lowest BCUT2D eigenvalue weighted by molar-refractivity contribution is -0.387. The number of ether oxygens (including phenoxy) is 3. The fraction of sp³-hybridized carbons (Fsp3) is 0.107. The van der Waals surface area contributed by atoms with Gasteiger partial charge < -0.3 is 14.2 Å². The van der Waals surface area contributed by atoms with E-state index in [0.717, 1.165) is 10.2 Å². The Labute approximate surface area is 236 Å². The Balaban J connectivity index is 1.64. The number of benzene rings is 3. The monoisotopic (exact) mass is 574 g/mol. The van der Waals surface area contributed by atoms with Gasteiger partial charge in [-0.05, 0) is 23.8 Å². The van der Waals surface area contributed by atoms with Gasteiger partial charge >= 0.3 is 0 Å². The summed E-state index contributed by atoms with van der Waals surface area (Å²) >= 11 is 2.54. The van der Waals surface area contributed by atoms with Gasteiger partial charge in [0.15, 0.2) is 11.5 Å². The molecule has 0 fully saturated rings. The van der Waals surface area contributed by atoms with Crippen LogP contribution in [0, 0.1) is 10.1 Å². The summed E-state index contributed by atoms with van der Waals surface area (Å²) in [6, 6.07) is 19.3. The molecular weight excluding hydrogens is 552 g/mol. The quantitative estimate of drug-likeness (QED) is 0.118. The first-order chi connectivity index (χ1) is 19.4. The largest absolute Gasteiger partial charge is 0.493 e. The minimum atomic E-state index is -0.416. The number of thiophene rings is 1. The average molecular weight is 575 g/mol. The lowest BCUT2D eigenvalue weighted by Gasteiger charge is -2.12. The van der Waals surface area contributed by atoms with Gasteiger partial charge in [0, 0.05) is 17.2 Å². The number of hydrogen-bond acceptors (Lipinski definition) is 10. The van der Waals surface area contributed by atoms with E-state index in [1.165, 1.54) is 63.0 Å². The zero-order valence-electron chi connectivity index (χ0n) is 21.6. The molecule has 0 radical (unpaired) electrons. The average Bonchev–Trinajstić information content (AvgIpc) is 3.35. The topological polar surface area (TPSA) is 118 Å². The molecular formula is C28H22N4O6S2. The molecule has 5 aromatic rings. The molecule has 2 aromatic heterocycles. The molecule has 10 nitrogen and oxygen atoms in total. The maximum absolute atomic E-state index is 13.8. The number of hydrogen-bond donors (Lipinski definition) is 0. The highest BCUT2D eigenvalue weighted by atomic mass is 32.2. The third-order valence-electron chi connectivity index (χ3n) is 5.91. The second kappa shape index (κ2) is 11.6. The van der Waals surface area contributed by atoms with Gasteiger partial charge in [-0.1, -0.05) is 54.2 Å². The number of nitrogens with zero attached hydrogens (tertiary/aromatic N) is 4. The zero-order valence-corrected chi connectivity index (χ0v) is 23.2. The Bertz CT molecular complexity index is 1780. The third-order valence-corrected chi connectivity index (χ3v) is 8.26. The van der Waals surface area contributed by atoms with Crippen molar-refractivity contribution in [3.63, 3.8) is 0 Å². The van der Waals surface area contributed by atoms with Crippen molar-refractivity contribution < 1.29 is 19.1 Å². The van der Waals surface area contributed by atoms with Gasteiger partial charge in [-0.15, -0.1) is 11.3 Å². The van der Waals surface area contributed by atoms with E-state index in [1.807, 2.05) is 30.3 Å². The van der Waals surface area contributed by atoms with Crippen LogP contribution in [0.4, 0.5) is 5.69 Å². The van der Waals surface area contributed by atoms with E-state index in [-0.39, 0.29) is 11.2 Å². The van der Waals surface area contributed by atoms with Crippen LogP contribution in [0.3, 0.4) is 0 Å². The van der Waals surface area contributed by atoms with Crippen molar-refractivity contribution in [2.75, 3.05) is 21.3 Å². The highest BCUT2D eigenvalue weighted by Crippen LogP contribution is 2.46. The van der Waals surface area contributed by atoms with E-state index in [1.54, 1.807) is 30.3 Å². The lowest BCUT2D eigenvalue weighted by atomic mass is 10.1. The van der Waals surface area contributed by atoms with E-state index in [0.29, 0.717) is 47.7 Å². The van der Waals surface area contributed by atoms with Gasteiger partial charge in [-0.2, -0.15) is 9.78 Å². The molecule has 0 aliphatic heterocycles. The Hall–Kier alpha value is -4.68. The van der Waals surface area contributed by atoms with Crippen LogP contribution < -0.4 is 19.8 Å². The molecule has 3 aromatic carbocycles. The van der Waals surface area contributed by atoms with Gasteiger partial charge in [-0.3, -0.25) is 14.9 Å². The van der Waals surface area contributed by atoms with Crippen LogP contribution in [0.1, 0.15) is 5.56 Å². The molecule has 40 heavy (non-hydrogen) atoms. The van der Waals surface area contributed by atoms with Crippen LogP contribution in [0.5, 0.6) is 17.2 Å². The molecule has 0 saturated carbocycles. The minimum absolute atomic E-state index is 0.00992. The van der Waals surface area contributed by atoms with E-state index >= 15 is 0 Å². The number of nitro groups is 1. The number of nitro benzene ring substituents is 1. The molecule has 0 bridgehead atoms. The first-order valence-corrected chi connectivity index (χ1v) is 13.4. The second-order valence-electron chi connectivity index (χ2n) is 8.24. The molecule has 12 heteroatoms. The molecule has 0 atom stereocenters. The summed E-state index contributed by atoms with van der Waals surface area (Å²) in [5.74, 6) is 1.34. The summed E-state index contributed by atoms with van der Waals surface area (Å²) in [6.07, 6.45) is 2.85. The lowest BCUT2D eigenvalue weighted by Crippen LogP contribution is -2.16. The first kappa shape index (κ1) is 26.9. The summed E-state index contributed by atoms with van der Waals surface area (Å²) in [6.45, 7) is 0. The number of fused-ring (bicyclic) bond motifs is 1. The van der Waals surface area contributed by atoms with Crippen molar-refractivity contribution in [2.24, 2.45) is 5.10 Å². The Kier molecular flexibility index (Phi) is 7.80. The van der Waals surface area contributed by atoms with Crippen molar-refractivity contribution in [3.05, 3.63) is 99.1 Å². The first-order valence-electron chi connectivity index (χ1n) is 11.8. The van der Waals surface area contributed by atoms with Crippen LogP contribution in [-0.4, -0.2) is 42.1 Å². The normalized spacial score (nSPS) is 11.2. The molecule has 0 N–H and O–H groups in total. The third kappa shape index (κ3) is 5.14. The van der Waals surface area contributed by atoms with Crippen molar-refractivity contribution in [2.45, 2.75) is 9.10 Å². The van der Waals surface area contributed by atoms with Crippen molar-refractivity contribution in [3.8, 4) is 28.4 Å². The predicted octanol–water partition coefficient (Wildman–Crippen LogP) is 6.09. The maximum Gasteiger partial charge on any atom is 0.283 e. The highest BCUT2D eigenvalue weighted by molar-refractivity contribution is 8.01. The smallest absolute Gasteiger partial charge is 0.283 e. The van der Waals surface area contributed by atoms with E-state index in [9.17, 15) is 14.9 Å². The molecule has 0 spiro atoms. The summed E-state index contributed by atoms with van der Waals surface area (Å²) in [4.78, 5) is 30.5. The molecule has 202 valence electrons. The summed E-state index contributed by atoms with van der Waals surface area (Å²) < 4.78 is 18.0. The maximum atomic E-state index is 13.8. The highest BCUT2D eigenvalue weighted by Gasteiger charge is 2.23. The Morgan fingerprint density at radius 3 is 2.33 bits per heavy atom. The van der Waals surface area contributed by atoms with Crippen LogP contribution in [0.25, 0.3) is 21.3 Å². The van der Waals surface area contributed by atoms with Gasteiger partial charge in [0.1, 0.15) is 11.2 Å². The van der Waals surface area contributed by atoms with Crippen molar-refractivity contribution >= 4 is 45.2 Å². The zero-order chi connectivity index (χ0) is 28.2. The van der Waals surface area contributed by atoms with Gasteiger partial charge in [0.25, 0.3) is 11.2 Å². The van der Waals surface area contributed by atoms with Crippen LogP contribution in [0.15, 0.2) is 92.1 Å². The van der Waals surface area contributed by atoms with Crippen LogP contribution >= 0.6 is 23.1 Å². The van der Waals surface area contributed by atoms with Crippen molar-refractivity contribution in [1.29, 1.82) is 0 Å². The number of para-hydroxylation sites is 1. The number of methoxy groups -OCH3 is 3. The van der Waals surface area contributed by atoms with Crippen LogP contribution in [-0.2, 0) is 0 Å². The molecule has 0 unspecified atom stereocenters. The van der Waals surface area contributed by atoms with Crippen molar-refractivity contribution in [1.82, 2.24) is 9.66 Å². The van der Waals surface area contributed by atoms with Crippen LogP contribution in [0.2, 0.25) is 0 Å². The second-order valence-corrected chi connectivity index (χ2v) is 10.5. The SMILES string of the molecule is COc1cc(/C=N/n2cnc3sc(Sc4ccccc4[N+](=O)[O-])c(-c4ccccc4)c3c2=O)cc(OC)c1OC. The Morgan fingerprint density at radius 2 is 1.68 bits per heavy atom. The molecule has 2 heterocycles. The molecule has 0 aliphatic rings. The van der Waals surface area contributed by atoms with Gasteiger partial charge in [-0.25, -0.2) is 4.98 Å². The van der Waals surface area contributed by atoms with E-state index < -0.39 is 4.92 Å². The standard InChI is InChI=1S/C28H22N4O6S2/c1-36-20-13-17(14-21(37-2)25(20)38-3)15-30-31-16-29-26-24(27(31)33)23(18-9-5-4-6-10-18)28(40-26)39-22-12-8-7-11-19(22)32(34)35/h4-16H,1-3H3/b30-15+. The van der Waals surface area contributed by atoms with E-state index in [4.69, 9.17) is 14.2 Å². The van der Waals surface area contributed by atoms with Gasteiger partial charge in [0.2, 0.25) is 5.75 Å². The summed E-state index contributed by atoms with van der Waals surface area (Å²) in [7, 11) is 4.55. The fourth-order valence-corrected chi connectivity index (χ4v) is 6.56. The Morgan fingerprint density at radius 1 is 1.00 bits per heavy atom. The fourth-order valence-electron chi connectivity index (χ4n) is 4.08. The number of rotatable bonds is 9. The molecule has 0 aliphatic carbocycles. The molecule has 0 amide bonds. The molecule has 5 rings (SSSR count). The molecule has 0 saturated heterocycles. The summed E-state index contributed by atoms with van der Waals surface area (Å²) in [5, 5.41) is 16.4. The van der Waals surface area contributed by atoms with Gasteiger partial charge in [0.05, 0.1) is 47.0 Å². The predicted molar refractivity (Wildman–Crippen MR) is 156 cm³/mol.